The van der Waals surface area contributed by atoms with Crippen LogP contribution >= 0.6 is 0 Å². The van der Waals surface area contributed by atoms with Crippen molar-refractivity contribution in [2.24, 2.45) is 11.8 Å². The highest BCUT2D eigenvalue weighted by molar-refractivity contribution is 6.05. The summed E-state index contributed by atoms with van der Waals surface area (Å²) in [7, 11) is 3.08. The van der Waals surface area contributed by atoms with Gasteiger partial charge in [-0.25, -0.2) is 0 Å². The fourth-order valence-electron chi connectivity index (χ4n) is 5.21. The molecule has 4 aliphatic rings. The van der Waals surface area contributed by atoms with E-state index < -0.39 is 23.5 Å². The van der Waals surface area contributed by atoms with Crippen LogP contribution in [0, 0.1) is 11.8 Å². The van der Waals surface area contributed by atoms with Gasteiger partial charge in [0, 0.05) is 23.5 Å². The van der Waals surface area contributed by atoms with E-state index in [1.165, 1.54) is 7.11 Å². The summed E-state index contributed by atoms with van der Waals surface area (Å²) in [6.07, 6.45) is 3.36. The van der Waals surface area contributed by atoms with Gasteiger partial charge in [-0.15, -0.1) is 0 Å². The van der Waals surface area contributed by atoms with E-state index >= 15 is 0 Å². The molecule has 0 radical (unpaired) electrons. The van der Waals surface area contributed by atoms with E-state index in [2.05, 4.69) is 5.32 Å². The Morgan fingerprint density at radius 2 is 1.91 bits per heavy atom. The van der Waals surface area contributed by atoms with Gasteiger partial charge in [-0.2, -0.15) is 0 Å². The highest BCUT2D eigenvalue weighted by atomic mass is 16.7. The van der Waals surface area contributed by atoms with Gasteiger partial charge in [-0.1, -0.05) is 12.2 Å². The molecule has 9 heteroatoms. The molecule has 2 fully saturated rings. The van der Waals surface area contributed by atoms with E-state index in [9.17, 15) is 9.59 Å². The maximum absolute atomic E-state index is 13.5. The summed E-state index contributed by atoms with van der Waals surface area (Å²) in [5.74, 6) is 0.629. The second-order valence-electron chi connectivity index (χ2n) is 8.42. The first-order valence-electron chi connectivity index (χ1n) is 10.6. The molecule has 4 heterocycles. The number of amides is 2. The monoisotopic (exact) mass is 450 g/mol. The zero-order valence-electron chi connectivity index (χ0n) is 18.1. The smallest absolute Gasteiger partial charge is 0.234 e. The number of ether oxygens (including phenoxy) is 5. The van der Waals surface area contributed by atoms with Gasteiger partial charge in [-0.05, 0) is 24.3 Å². The standard InChI is InChI=1S/C24H22N2O7/c1-29-15-5-3-13(9-18(15)30-2)25-22(27)20-17-7-8-24(33-17)11-26(23(28)21(20)24)14-4-6-16-19(10-14)32-12-31-16/h3-10,17,20-21H,11-12H2,1-2H3,(H,25,27)/t17?,20?,21?,24-/m0/s1. The van der Waals surface area contributed by atoms with Crippen molar-refractivity contribution < 1.29 is 33.3 Å². The Morgan fingerprint density at radius 1 is 1.09 bits per heavy atom. The van der Waals surface area contributed by atoms with Gasteiger partial charge >= 0.3 is 0 Å². The van der Waals surface area contributed by atoms with Crippen LogP contribution in [0.3, 0.4) is 0 Å². The number of carbonyl (C=O) groups excluding carboxylic acids is 2. The molecule has 2 amide bonds. The molecule has 9 nitrogen and oxygen atoms in total. The first kappa shape index (κ1) is 19.9. The normalized spacial score (nSPS) is 28.2. The number of hydrogen-bond acceptors (Lipinski definition) is 7. The summed E-state index contributed by atoms with van der Waals surface area (Å²) in [5.41, 5.74) is 0.418. The molecule has 1 N–H and O–H groups in total. The summed E-state index contributed by atoms with van der Waals surface area (Å²) in [4.78, 5) is 28.5. The second-order valence-corrected chi connectivity index (χ2v) is 8.42. The SMILES string of the molecule is COc1ccc(NC(=O)C2C3C=C[C@@]4(CN(c5ccc6c(c5)OCO6)C(=O)C24)O3)cc1OC. The van der Waals surface area contributed by atoms with Crippen LogP contribution in [0.2, 0.25) is 0 Å². The lowest BCUT2D eigenvalue weighted by Crippen LogP contribution is -2.41. The van der Waals surface area contributed by atoms with Crippen molar-refractivity contribution in [3.8, 4) is 23.0 Å². The van der Waals surface area contributed by atoms with Gasteiger partial charge in [0.15, 0.2) is 23.0 Å². The summed E-state index contributed by atoms with van der Waals surface area (Å²) in [5, 5.41) is 2.92. The third kappa shape index (κ3) is 2.88. The average molecular weight is 450 g/mol. The highest BCUT2D eigenvalue weighted by Gasteiger charge is 2.67. The third-order valence-electron chi connectivity index (χ3n) is 6.72. The molecule has 2 saturated heterocycles. The van der Waals surface area contributed by atoms with E-state index in [1.54, 1.807) is 42.3 Å². The van der Waals surface area contributed by atoms with Crippen molar-refractivity contribution in [1.29, 1.82) is 0 Å². The molecule has 170 valence electrons. The lowest BCUT2D eigenvalue weighted by molar-refractivity contribution is -0.128. The van der Waals surface area contributed by atoms with Gasteiger partial charge in [0.05, 0.1) is 38.7 Å². The molecule has 33 heavy (non-hydrogen) atoms. The topological polar surface area (TPSA) is 95.6 Å². The highest BCUT2D eigenvalue weighted by Crippen LogP contribution is 2.53. The Balaban J connectivity index is 1.27. The molecule has 6 rings (SSSR count). The van der Waals surface area contributed by atoms with Crippen LogP contribution in [-0.4, -0.2) is 51.1 Å². The number of fused-ring (bicyclic) bond motifs is 2. The van der Waals surface area contributed by atoms with Crippen LogP contribution in [0.4, 0.5) is 11.4 Å². The molecule has 2 aromatic carbocycles. The Hall–Kier alpha value is -3.72. The molecule has 0 aliphatic carbocycles. The Kier molecular flexibility index (Phi) is 4.31. The molecular formula is C24H22N2O7. The molecular weight excluding hydrogens is 428 g/mol. The van der Waals surface area contributed by atoms with Gasteiger partial charge in [-0.3, -0.25) is 9.59 Å². The largest absolute Gasteiger partial charge is 0.493 e. The van der Waals surface area contributed by atoms with Crippen LogP contribution < -0.4 is 29.2 Å². The van der Waals surface area contributed by atoms with Crippen molar-refractivity contribution >= 4 is 23.2 Å². The Morgan fingerprint density at radius 3 is 2.73 bits per heavy atom. The molecule has 2 bridgehead atoms. The van der Waals surface area contributed by atoms with Crippen molar-refractivity contribution in [3.05, 3.63) is 48.6 Å². The van der Waals surface area contributed by atoms with E-state index in [4.69, 9.17) is 23.7 Å². The first-order chi connectivity index (χ1) is 16.0. The van der Waals surface area contributed by atoms with Gasteiger partial charge in [0.25, 0.3) is 0 Å². The number of benzene rings is 2. The Labute approximate surface area is 189 Å². The fourth-order valence-corrected chi connectivity index (χ4v) is 5.21. The Bertz CT molecular complexity index is 1200. The predicted molar refractivity (Wildman–Crippen MR) is 117 cm³/mol. The second kappa shape index (κ2) is 7.14. The minimum absolute atomic E-state index is 0.145. The van der Waals surface area contributed by atoms with Crippen LogP contribution in [0.15, 0.2) is 48.6 Å². The minimum atomic E-state index is -0.822. The van der Waals surface area contributed by atoms with Gasteiger partial charge in [0.2, 0.25) is 18.6 Å². The third-order valence-corrected chi connectivity index (χ3v) is 6.72. The van der Waals surface area contributed by atoms with Crippen molar-refractivity contribution in [2.75, 3.05) is 37.8 Å². The summed E-state index contributed by atoms with van der Waals surface area (Å²) < 4.78 is 27.6. The minimum Gasteiger partial charge on any atom is -0.493 e. The number of anilines is 2. The van der Waals surface area contributed by atoms with Crippen LogP contribution in [0.25, 0.3) is 0 Å². The molecule has 1 spiro atoms. The number of nitrogens with zero attached hydrogens (tertiary/aromatic N) is 1. The van der Waals surface area contributed by atoms with Crippen molar-refractivity contribution in [2.45, 2.75) is 11.7 Å². The molecule has 0 saturated carbocycles. The van der Waals surface area contributed by atoms with E-state index in [1.807, 2.05) is 18.2 Å². The van der Waals surface area contributed by atoms with Crippen LogP contribution in [-0.2, 0) is 14.3 Å². The molecule has 4 aliphatic heterocycles. The first-order valence-corrected chi connectivity index (χ1v) is 10.6. The maximum atomic E-state index is 13.5. The summed E-state index contributed by atoms with van der Waals surface area (Å²) >= 11 is 0. The molecule has 4 atom stereocenters. The van der Waals surface area contributed by atoms with Crippen LogP contribution in [0.1, 0.15) is 0 Å². The maximum Gasteiger partial charge on any atom is 0.234 e. The number of nitrogens with one attached hydrogen (secondary N) is 1. The average Bonchev–Trinajstić information content (AvgIpc) is 3.59. The zero-order valence-corrected chi connectivity index (χ0v) is 18.1. The number of methoxy groups -OCH3 is 2. The zero-order chi connectivity index (χ0) is 22.7. The molecule has 3 unspecified atom stereocenters. The van der Waals surface area contributed by atoms with Gasteiger partial charge in [0.1, 0.15) is 5.60 Å². The van der Waals surface area contributed by atoms with Gasteiger partial charge < -0.3 is 33.9 Å². The van der Waals surface area contributed by atoms with E-state index in [0.29, 0.717) is 40.9 Å². The van der Waals surface area contributed by atoms with Crippen molar-refractivity contribution in [3.63, 3.8) is 0 Å². The summed E-state index contributed by atoms with van der Waals surface area (Å²) in [6.45, 7) is 0.495. The fraction of sp³-hybridized carbons (Fsp3) is 0.333. The van der Waals surface area contributed by atoms with E-state index in [0.717, 1.165) is 0 Å². The number of carbonyl (C=O) groups is 2. The number of hydrogen-bond donors (Lipinski definition) is 1. The van der Waals surface area contributed by atoms with Crippen LogP contribution in [0.5, 0.6) is 23.0 Å². The lowest BCUT2D eigenvalue weighted by atomic mass is 9.77. The molecule has 0 aromatic heterocycles. The molecule has 2 aromatic rings. The quantitative estimate of drug-likeness (QED) is 0.699. The van der Waals surface area contributed by atoms with Crippen molar-refractivity contribution in [1.82, 2.24) is 0 Å². The van der Waals surface area contributed by atoms with E-state index in [-0.39, 0.29) is 18.6 Å². The lowest BCUT2D eigenvalue weighted by Gasteiger charge is -2.23. The predicted octanol–water partition coefficient (Wildman–Crippen LogP) is 2.36. The summed E-state index contributed by atoms with van der Waals surface area (Å²) in [6, 6.07) is 10.5. The number of rotatable bonds is 5.